The smallest absolute Gasteiger partial charge is 0.413 e. The largest absolute Gasteiger partial charge is 0.465 e. The number of nitrogens with zero attached hydrogens (tertiary/aromatic N) is 2. The molecule has 15 heavy (non-hydrogen) atoms. The highest BCUT2D eigenvalue weighted by molar-refractivity contribution is 9.10. The van der Waals surface area contributed by atoms with Gasteiger partial charge in [-0.3, -0.25) is 4.90 Å². The molecule has 1 amide bonds. The molecule has 0 saturated carbocycles. The van der Waals surface area contributed by atoms with E-state index in [-0.39, 0.29) is 0 Å². The summed E-state index contributed by atoms with van der Waals surface area (Å²) in [5, 5.41) is 8.77. The fraction of sp³-hybridized carbons (Fsp3) is 0.111. The van der Waals surface area contributed by atoms with Gasteiger partial charge < -0.3 is 10.1 Å². The normalized spacial score (nSPS) is 10.5. The number of anilines is 1. The first-order valence-corrected chi connectivity index (χ1v) is 4.99. The van der Waals surface area contributed by atoms with E-state index in [1.54, 1.807) is 0 Å². The van der Waals surface area contributed by atoms with Gasteiger partial charge in [-0.1, -0.05) is 15.9 Å². The van der Waals surface area contributed by atoms with Gasteiger partial charge in [-0.2, -0.15) is 0 Å². The van der Waals surface area contributed by atoms with Crippen LogP contribution in [0.5, 0.6) is 0 Å². The number of aromatic amines is 1. The Morgan fingerprint density at radius 2 is 2.33 bits per heavy atom. The Hall–Kier alpha value is -1.56. The summed E-state index contributed by atoms with van der Waals surface area (Å²) in [7, 11) is 1.44. The molecule has 1 aromatic heterocycles. The molecule has 1 heterocycles. The van der Waals surface area contributed by atoms with Crippen LogP contribution in [-0.4, -0.2) is 28.2 Å². The number of aromatic nitrogens is 2. The maximum absolute atomic E-state index is 10.7. The summed E-state index contributed by atoms with van der Waals surface area (Å²) < 4.78 is 0.920. The molecule has 0 aliphatic carbocycles. The van der Waals surface area contributed by atoms with E-state index in [0.29, 0.717) is 5.95 Å². The summed E-state index contributed by atoms with van der Waals surface area (Å²) in [6.07, 6.45) is -1.05. The van der Waals surface area contributed by atoms with Crippen molar-refractivity contribution in [3.63, 3.8) is 0 Å². The molecule has 5 nitrogen and oxygen atoms in total. The van der Waals surface area contributed by atoms with Crippen LogP contribution in [0.4, 0.5) is 10.7 Å². The van der Waals surface area contributed by atoms with Crippen molar-refractivity contribution in [2.45, 2.75) is 0 Å². The van der Waals surface area contributed by atoms with Gasteiger partial charge in [0.15, 0.2) is 0 Å². The third-order valence-electron chi connectivity index (χ3n) is 2.04. The Morgan fingerprint density at radius 3 is 3.00 bits per heavy atom. The lowest BCUT2D eigenvalue weighted by Gasteiger charge is -2.07. The van der Waals surface area contributed by atoms with Gasteiger partial charge in [0.2, 0.25) is 5.95 Å². The number of hydrogen-bond acceptors (Lipinski definition) is 2. The molecule has 0 aliphatic heterocycles. The van der Waals surface area contributed by atoms with Gasteiger partial charge in [0.1, 0.15) is 0 Å². The standard InChI is InChI=1S/C9H8BrN3O2/c1-13(9(14)15)8-11-6-3-2-5(10)4-7(6)12-8/h2-4H,1H3,(H,11,12)(H,14,15). The first kappa shape index (κ1) is 9.97. The zero-order valence-electron chi connectivity index (χ0n) is 7.86. The van der Waals surface area contributed by atoms with E-state index in [4.69, 9.17) is 5.11 Å². The Morgan fingerprint density at radius 1 is 1.60 bits per heavy atom. The molecule has 1 aromatic carbocycles. The van der Waals surface area contributed by atoms with E-state index in [9.17, 15) is 4.79 Å². The Balaban J connectivity index is 2.51. The molecule has 78 valence electrons. The topological polar surface area (TPSA) is 69.2 Å². The summed E-state index contributed by atoms with van der Waals surface area (Å²) >= 11 is 3.33. The average molecular weight is 270 g/mol. The summed E-state index contributed by atoms with van der Waals surface area (Å²) in [6, 6.07) is 5.52. The first-order valence-electron chi connectivity index (χ1n) is 4.20. The molecule has 2 aromatic rings. The van der Waals surface area contributed by atoms with Crippen LogP contribution in [0.1, 0.15) is 0 Å². The summed E-state index contributed by atoms with van der Waals surface area (Å²) in [5.41, 5.74) is 1.54. The van der Waals surface area contributed by atoms with Gasteiger partial charge >= 0.3 is 6.09 Å². The van der Waals surface area contributed by atoms with E-state index in [1.165, 1.54) is 7.05 Å². The van der Waals surface area contributed by atoms with Crippen molar-refractivity contribution in [1.82, 2.24) is 9.97 Å². The predicted octanol–water partition coefficient (Wildman–Crippen LogP) is 2.44. The number of H-pyrrole nitrogens is 1. The molecule has 0 bridgehead atoms. The van der Waals surface area contributed by atoms with Crippen molar-refractivity contribution < 1.29 is 9.90 Å². The molecule has 0 saturated heterocycles. The third-order valence-corrected chi connectivity index (χ3v) is 2.53. The number of halogens is 1. The molecular formula is C9H8BrN3O2. The third kappa shape index (κ3) is 1.80. The van der Waals surface area contributed by atoms with Crippen LogP contribution in [-0.2, 0) is 0 Å². The molecule has 0 radical (unpaired) electrons. The fourth-order valence-corrected chi connectivity index (χ4v) is 1.58. The van der Waals surface area contributed by atoms with Crippen LogP contribution in [0.3, 0.4) is 0 Å². The Labute approximate surface area is 93.9 Å². The first-order chi connectivity index (χ1) is 7.08. The highest BCUT2D eigenvalue weighted by Crippen LogP contribution is 2.20. The van der Waals surface area contributed by atoms with E-state index in [1.807, 2.05) is 18.2 Å². The van der Waals surface area contributed by atoms with Gasteiger partial charge in [-0.05, 0) is 18.2 Å². The number of amides is 1. The minimum atomic E-state index is -1.05. The number of benzene rings is 1. The van der Waals surface area contributed by atoms with Crippen LogP contribution in [0.25, 0.3) is 11.0 Å². The number of hydrogen-bond donors (Lipinski definition) is 2. The maximum atomic E-state index is 10.7. The number of nitrogens with one attached hydrogen (secondary N) is 1. The van der Waals surface area contributed by atoms with Crippen molar-refractivity contribution >= 4 is 39.0 Å². The predicted molar refractivity (Wildman–Crippen MR) is 60.2 cm³/mol. The molecule has 2 N–H and O–H groups in total. The van der Waals surface area contributed by atoms with E-state index >= 15 is 0 Å². The van der Waals surface area contributed by atoms with Gasteiger partial charge in [0.25, 0.3) is 0 Å². The van der Waals surface area contributed by atoms with Crippen molar-refractivity contribution in [1.29, 1.82) is 0 Å². The van der Waals surface area contributed by atoms with Crippen LogP contribution >= 0.6 is 15.9 Å². The Kier molecular flexibility index (Phi) is 2.36. The fourth-order valence-electron chi connectivity index (χ4n) is 1.22. The lowest BCUT2D eigenvalue weighted by molar-refractivity contribution is 0.203. The number of imidazole rings is 1. The molecular weight excluding hydrogens is 262 g/mol. The second-order valence-corrected chi connectivity index (χ2v) is 3.98. The van der Waals surface area contributed by atoms with Crippen LogP contribution < -0.4 is 4.90 Å². The quantitative estimate of drug-likeness (QED) is 0.836. The summed E-state index contributed by atoms with van der Waals surface area (Å²) in [5.74, 6) is 0.315. The van der Waals surface area contributed by atoms with E-state index in [2.05, 4.69) is 25.9 Å². The summed E-state index contributed by atoms with van der Waals surface area (Å²) in [6.45, 7) is 0. The SMILES string of the molecule is CN(C(=O)O)c1nc2ccc(Br)cc2[nH]1. The molecule has 0 aliphatic rings. The monoisotopic (exact) mass is 269 g/mol. The molecule has 0 unspecified atom stereocenters. The van der Waals surface area contributed by atoms with Crippen molar-refractivity contribution in [2.75, 3.05) is 11.9 Å². The van der Waals surface area contributed by atoms with Crippen molar-refractivity contribution in [2.24, 2.45) is 0 Å². The van der Waals surface area contributed by atoms with Gasteiger partial charge in [0, 0.05) is 11.5 Å². The number of fused-ring (bicyclic) bond motifs is 1. The van der Waals surface area contributed by atoms with Crippen molar-refractivity contribution in [3.05, 3.63) is 22.7 Å². The summed E-state index contributed by atoms with van der Waals surface area (Å²) in [4.78, 5) is 18.8. The molecule has 6 heteroatoms. The zero-order valence-corrected chi connectivity index (χ0v) is 9.45. The molecule has 0 fully saturated rings. The van der Waals surface area contributed by atoms with Gasteiger partial charge in [0.05, 0.1) is 11.0 Å². The van der Waals surface area contributed by atoms with Gasteiger partial charge in [-0.25, -0.2) is 9.78 Å². The number of rotatable bonds is 1. The molecule has 2 rings (SSSR count). The molecule has 0 spiro atoms. The zero-order chi connectivity index (χ0) is 11.0. The van der Waals surface area contributed by atoms with E-state index in [0.717, 1.165) is 20.4 Å². The lowest BCUT2D eigenvalue weighted by Crippen LogP contribution is -2.24. The minimum absolute atomic E-state index is 0.315. The average Bonchev–Trinajstić information content (AvgIpc) is 2.58. The Bertz CT molecular complexity index is 523. The van der Waals surface area contributed by atoms with Gasteiger partial charge in [-0.15, -0.1) is 0 Å². The van der Waals surface area contributed by atoms with Crippen LogP contribution in [0.2, 0.25) is 0 Å². The maximum Gasteiger partial charge on any atom is 0.413 e. The second kappa shape index (κ2) is 3.54. The van der Waals surface area contributed by atoms with E-state index < -0.39 is 6.09 Å². The second-order valence-electron chi connectivity index (χ2n) is 3.06. The minimum Gasteiger partial charge on any atom is -0.465 e. The molecule has 0 atom stereocenters. The van der Waals surface area contributed by atoms with Crippen LogP contribution in [0, 0.1) is 0 Å². The van der Waals surface area contributed by atoms with Crippen molar-refractivity contribution in [3.8, 4) is 0 Å². The van der Waals surface area contributed by atoms with Crippen LogP contribution in [0.15, 0.2) is 22.7 Å². The highest BCUT2D eigenvalue weighted by atomic mass is 79.9. The highest BCUT2D eigenvalue weighted by Gasteiger charge is 2.12. The number of carbonyl (C=O) groups is 1. The lowest BCUT2D eigenvalue weighted by atomic mass is 10.3. The number of carboxylic acid groups (broad SMARTS) is 1.